The third-order valence-corrected chi connectivity index (χ3v) is 7.24. The van der Waals surface area contributed by atoms with Gasteiger partial charge in [-0.05, 0) is 60.7 Å². The molecule has 0 saturated heterocycles. The molecule has 1 aliphatic carbocycles. The molecule has 1 N–H and O–H groups in total. The first-order valence-electron chi connectivity index (χ1n) is 11.9. The summed E-state index contributed by atoms with van der Waals surface area (Å²) in [5, 5.41) is 9.53. The molecule has 4 heterocycles. The van der Waals surface area contributed by atoms with Crippen molar-refractivity contribution >= 4 is 22.3 Å². The van der Waals surface area contributed by atoms with Crippen LogP contribution in [0.15, 0.2) is 79.3 Å². The van der Waals surface area contributed by atoms with Gasteiger partial charge in [-0.1, -0.05) is 42.5 Å². The molecule has 7 rings (SSSR count). The van der Waals surface area contributed by atoms with Crippen LogP contribution in [0.3, 0.4) is 0 Å². The van der Waals surface area contributed by atoms with Crippen LogP contribution in [0.5, 0.6) is 0 Å². The van der Waals surface area contributed by atoms with Crippen molar-refractivity contribution in [3.63, 3.8) is 0 Å². The summed E-state index contributed by atoms with van der Waals surface area (Å²) < 4.78 is 1.94. The fourth-order valence-corrected chi connectivity index (χ4v) is 5.16. The van der Waals surface area contributed by atoms with Gasteiger partial charge in [-0.15, -0.1) is 0 Å². The first-order chi connectivity index (χ1) is 16.8. The van der Waals surface area contributed by atoms with E-state index in [4.69, 9.17) is 5.10 Å². The molecule has 34 heavy (non-hydrogen) atoms. The number of pyridine rings is 1. The molecule has 6 nitrogen and oxygen atoms in total. The molecule has 1 saturated carbocycles. The third kappa shape index (κ3) is 3.14. The molecule has 6 heteroatoms. The first-order valence-corrected chi connectivity index (χ1v) is 11.9. The molecule has 0 radical (unpaired) electrons. The zero-order chi connectivity index (χ0) is 22.5. The first kappa shape index (κ1) is 19.6. The Hall–Kier alpha value is -3.90. The Morgan fingerprint density at radius 3 is 2.56 bits per heavy atom. The Morgan fingerprint density at radius 2 is 1.74 bits per heavy atom. The number of hydrogen-bond acceptors (Lipinski definition) is 5. The average Bonchev–Trinajstić information content (AvgIpc) is 3.61. The van der Waals surface area contributed by atoms with Crippen LogP contribution < -0.4 is 5.32 Å². The van der Waals surface area contributed by atoms with Crippen LogP contribution in [0.4, 0.5) is 0 Å². The molecule has 166 valence electrons. The number of benzene rings is 2. The SMILES string of the molecule is C1=C(c2ccc(-c3cnc4ncc(C5(c6ccc7ncccc7c6)CC5)n4n3)cc2)CCNC1. The molecule has 0 atom stereocenters. The van der Waals surface area contributed by atoms with Crippen molar-refractivity contribution < 1.29 is 0 Å². The Bertz CT molecular complexity index is 1560. The number of nitrogens with zero attached hydrogens (tertiary/aromatic N) is 5. The zero-order valence-electron chi connectivity index (χ0n) is 18.8. The lowest BCUT2D eigenvalue weighted by molar-refractivity contribution is 0.738. The topological polar surface area (TPSA) is 68.0 Å². The predicted octanol–water partition coefficient (Wildman–Crippen LogP) is 4.80. The quantitative estimate of drug-likeness (QED) is 0.431. The van der Waals surface area contributed by atoms with Crippen LogP contribution in [0.2, 0.25) is 0 Å². The van der Waals surface area contributed by atoms with Crippen LogP contribution in [0.25, 0.3) is 33.5 Å². The summed E-state index contributed by atoms with van der Waals surface area (Å²) in [5.41, 5.74) is 7.96. The maximum atomic E-state index is 5.00. The largest absolute Gasteiger partial charge is 0.313 e. The van der Waals surface area contributed by atoms with Crippen LogP contribution in [-0.2, 0) is 5.41 Å². The summed E-state index contributed by atoms with van der Waals surface area (Å²) in [4.78, 5) is 13.7. The van der Waals surface area contributed by atoms with E-state index in [1.807, 2.05) is 29.2 Å². The second-order valence-corrected chi connectivity index (χ2v) is 9.25. The minimum absolute atomic E-state index is 0.0674. The van der Waals surface area contributed by atoms with Gasteiger partial charge in [0.2, 0.25) is 0 Å². The minimum atomic E-state index is -0.0674. The maximum absolute atomic E-state index is 5.00. The number of hydrogen-bond donors (Lipinski definition) is 1. The molecule has 0 bridgehead atoms. The zero-order valence-corrected chi connectivity index (χ0v) is 18.8. The molecule has 5 aromatic rings. The Morgan fingerprint density at radius 1 is 0.882 bits per heavy atom. The normalized spacial score (nSPS) is 17.1. The average molecular weight is 445 g/mol. The maximum Gasteiger partial charge on any atom is 0.250 e. The van der Waals surface area contributed by atoms with Gasteiger partial charge in [-0.3, -0.25) is 4.98 Å². The van der Waals surface area contributed by atoms with Crippen molar-refractivity contribution in [1.82, 2.24) is 29.9 Å². The second-order valence-electron chi connectivity index (χ2n) is 9.25. The smallest absolute Gasteiger partial charge is 0.250 e. The van der Waals surface area contributed by atoms with Crippen LogP contribution in [0.1, 0.15) is 36.1 Å². The van der Waals surface area contributed by atoms with E-state index >= 15 is 0 Å². The highest BCUT2D eigenvalue weighted by Crippen LogP contribution is 2.53. The molecule has 0 spiro atoms. The molecule has 2 aromatic carbocycles. The predicted molar refractivity (Wildman–Crippen MR) is 133 cm³/mol. The lowest BCUT2D eigenvalue weighted by atomic mass is 9.91. The highest BCUT2D eigenvalue weighted by atomic mass is 15.3. The van der Waals surface area contributed by atoms with Crippen molar-refractivity contribution in [1.29, 1.82) is 0 Å². The van der Waals surface area contributed by atoms with Gasteiger partial charge >= 0.3 is 0 Å². The lowest BCUT2D eigenvalue weighted by Crippen LogP contribution is -2.19. The van der Waals surface area contributed by atoms with Crippen molar-refractivity contribution in [3.8, 4) is 11.3 Å². The van der Waals surface area contributed by atoms with Crippen molar-refractivity contribution in [3.05, 3.63) is 96.1 Å². The molecule has 1 fully saturated rings. The molecule has 2 aliphatic rings. The van der Waals surface area contributed by atoms with Gasteiger partial charge in [0.15, 0.2) is 0 Å². The summed E-state index contributed by atoms with van der Waals surface area (Å²) in [6.45, 7) is 1.98. The van der Waals surface area contributed by atoms with Crippen LogP contribution in [0, 0.1) is 0 Å². The molecule has 3 aromatic heterocycles. The standard InChI is InChI=1S/C28H24N6/c1-2-22-16-23(7-8-24(22)30-13-1)28(11-12-28)26-18-32-27-31-17-25(33-34(26)27)21-5-3-19(4-6-21)20-9-14-29-15-10-20/h1-9,13,16-18,29H,10-12,14-15H2. The van der Waals surface area contributed by atoms with Gasteiger partial charge in [0.25, 0.3) is 5.78 Å². The van der Waals surface area contributed by atoms with Gasteiger partial charge < -0.3 is 5.32 Å². The summed E-state index contributed by atoms with van der Waals surface area (Å²) in [6, 6.07) is 19.4. The minimum Gasteiger partial charge on any atom is -0.313 e. The van der Waals surface area contributed by atoms with E-state index in [0.717, 1.165) is 60.2 Å². The molecule has 0 amide bonds. The van der Waals surface area contributed by atoms with E-state index in [1.165, 1.54) is 16.7 Å². The highest BCUT2D eigenvalue weighted by molar-refractivity contribution is 5.79. The fraction of sp³-hybridized carbons (Fsp3) is 0.214. The van der Waals surface area contributed by atoms with E-state index in [-0.39, 0.29) is 5.41 Å². The van der Waals surface area contributed by atoms with Gasteiger partial charge in [-0.25, -0.2) is 9.97 Å². The monoisotopic (exact) mass is 444 g/mol. The van der Waals surface area contributed by atoms with Crippen LogP contribution >= 0.6 is 0 Å². The second kappa shape index (κ2) is 7.57. The number of imidazole rings is 1. The number of rotatable bonds is 4. The molecule has 0 unspecified atom stereocenters. The van der Waals surface area contributed by atoms with Crippen molar-refractivity contribution in [2.24, 2.45) is 0 Å². The van der Waals surface area contributed by atoms with Gasteiger partial charge in [-0.2, -0.15) is 9.61 Å². The van der Waals surface area contributed by atoms with Gasteiger partial charge in [0.1, 0.15) is 5.69 Å². The summed E-state index contributed by atoms with van der Waals surface area (Å²) in [6.07, 6.45) is 11.1. The summed E-state index contributed by atoms with van der Waals surface area (Å²) >= 11 is 0. The fourth-order valence-electron chi connectivity index (χ4n) is 5.16. The van der Waals surface area contributed by atoms with Gasteiger partial charge in [0, 0.05) is 29.1 Å². The van der Waals surface area contributed by atoms with Crippen LogP contribution in [-0.4, -0.2) is 37.7 Å². The van der Waals surface area contributed by atoms with E-state index < -0.39 is 0 Å². The van der Waals surface area contributed by atoms with E-state index in [1.54, 1.807) is 0 Å². The lowest BCUT2D eigenvalue weighted by Gasteiger charge is -2.16. The highest BCUT2D eigenvalue weighted by Gasteiger charge is 2.48. The van der Waals surface area contributed by atoms with E-state index in [0.29, 0.717) is 5.78 Å². The van der Waals surface area contributed by atoms with E-state index in [2.05, 4.69) is 74.9 Å². The summed E-state index contributed by atoms with van der Waals surface area (Å²) in [7, 11) is 0. The number of fused-ring (bicyclic) bond motifs is 2. The third-order valence-electron chi connectivity index (χ3n) is 7.24. The molecule has 1 aliphatic heterocycles. The Kier molecular flexibility index (Phi) is 4.35. The van der Waals surface area contributed by atoms with Crippen molar-refractivity contribution in [2.45, 2.75) is 24.7 Å². The van der Waals surface area contributed by atoms with E-state index in [9.17, 15) is 0 Å². The van der Waals surface area contributed by atoms with Gasteiger partial charge in [0.05, 0.1) is 23.6 Å². The Labute approximate surface area is 197 Å². The van der Waals surface area contributed by atoms with Crippen molar-refractivity contribution in [2.75, 3.05) is 13.1 Å². The Balaban J connectivity index is 1.27. The number of nitrogens with one attached hydrogen (secondary N) is 1. The number of aromatic nitrogens is 5. The molecular formula is C28H24N6. The molecular weight excluding hydrogens is 420 g/mol. The summed E-state index contributed by atoms with van der Waals surface area (Å²) in [5.74, 6) is 0.643.